The summed E-state index contributed by atoms with van der Waals surface area (Å²) < 4.78 is 39.2. The van der Waals surface area contributed by atoms with Crippen molar-refractivity contribution in [2.24, 2.45) is 0 Å². The van der Waals surface area contributed by atoms with Crippen LogP contribution in [0.25, 0.3) is 0 Å². The quantitative estimate of drug-likeness (QED) is 0.848. The van der Waals surface area contributed by atoms with E-state index >= 15 is 0 Å². The molecule has 0 aromatic heterocycles. The molecule has 1 aromatic carbocycles. The molecular weight excluding hydrogens is 239 g/mol. The summed E-state index contributed by atoms with van der Waals surface area (Å²) >= 11 is 0. The van der Waals surface area contributed by atoms with Gasteiger partial charge in [-0.2, -0.15) is 13.2 Å². The molecule has 0 radical (unpaired) electrons. The van der Waals surface area contributed by atoms with Gasteiger partial charge in [-0.1, -0.05) is 30.3 Å². The Morgan fingerprint density at radius 3 is 2.11 bits per heavy atom. The van der Waals surface area contributed by atoms with E-state index in [0.717, 1.165) is 5.56 Å². The van der Waals surface area contributed by atoms with Gasteiger partial charge in [0, 0.05) is 0 Å². The van der Waals surface area contributed by atoms with Gasteiger partial charge in [0.1, 0.15) is 5.54 Å². The molecule has 0 amide bonds. The second kappa shape index (κ2) is 4.92. The minimum absolute atomic E-state index is 0.159. The monoisotopic (exact) mass is 257 g/mol. The summed E-state index contributed by atoms with van der Waals surface area (Å²) in [5, 5.41) is 2.50. The number of hydrogen-bond donors (Lipinski definition) is 1. The van der Waals surface area contributed by atoms with Crippen molar-refractivity contribution in [2.75, 3.05) is 7.05 Å². The number of rotatable bonds is 2. The van der Waals surface area contributed by atoms with E-state index in [1.54, 1.807) is 0 Å². The van der Waals surface area contributed by atoms with Crippen molar-refractivity contribution in [3.8, 4) is 0 Å². The number of nitrogens with one attached hydrogen (secondary N) is 1. The molecule has 0 spiro atoms. The first-order valence-electron chi connectivity index (χ1n) is 6.29. The fourth-order valence-electron chi connectivity index (χ4n) is 2.84. The molecule has 4 heteroatoms. The summed E-state index contributed by atoms with van der Waals surface area (Å²) in [6.45, 7) is 0. The van der Waals surface area contributed by atoms with Crippen molar-refractivity contribution in [1.29, 1.82) is 0 Å². The van der Waals surface area contributed by atoms with Crippen LogP contribution in [0.3, 0.4) is 0 Å². The second-order valence-electron chi connectivity index (χ2n) is 5.01. The summed E-state index contributed by atoms with van der Waals surface area (Å²) in [6, 6.07) is 9.83. The molecule has 18 heavy (non-hydrogen) atoms. The van der Waals surface area contributed by atoms with Crippen molar-refractivity contribution in [3.05, 3.63) is 35.9 Å². The summed E-state index contributed by atoms with van der Waals surface area (Å²) in [5.74, 6) is 0.259. The number of benzene rings is 1. The first-order chi connectivity index (χ1) is 8.48. The number of alkyl halides is 3. The Kier molecular flexibility index (Phi) is 3.66. The average molecular weight is 257 g/mol. The molecule has 0 aliphatic heterocycles. The fourth-order valence-corrected chi connectivity index (χ4v) is 2.84. The number of hydrogen-bond acceptors (Lipinski definition) is 1. The van der Waals surface area contributed by atoms with Crippen molar-refractivity contribution in [2.45, 2.75) is 43.3 Å². The summed E-state index contributed by atoms with van der Waals surface area (Å²) in [7, 11) is 1.41. The molecule has 1 aromatic rings. The second-order valence-corrected chi connectivity index (χ2v) is 5.01. The Labute approximate surface area is 105 Å². The van der Waals surface area contributed by atoms with Gasteiger partial charge in [-0.05, 0) is 44.2 Å². The van der Waals surface area contributed by atoms with Crippen LogP contribution in [-0.2, 0) is 0 Å². The zero-order chi connectivity index (χ0) is 13.2. The van der Waals surface area contributed by atoms with Crippen LogP contribution in [0.15, 0.2) is 30.3 Å². The molecule has 1 aliphatic carbocycles. The first kappa shape index (κ1) is 13.4. The maximum Gasteiger partial charge on any atom is 0.406 e. The summed E-state index contributed by atoms with van der Waals surface area (Å²) in [5.41, 5.74) is -0.525. The molecular formula is C14H18F3N. The molecule has 0 heterocycles. The highest BCUT2D eigenvalue weighted by atomic mass is 19.4. The normalized spacial score (nSPS) is 29.2. The zero-order valence-corrected chi connectivity index (χ0v) is 10.4. The lowest BCUT2D eigenvalue weighted by Gasteiger charge is -2.41. The van der Waals surface area contributed by atoms with E-state index in [2.05, 4.69) is 5.32 Å². The van der Waals surface area contributed by atoms with Crippen molar-refractivity contribution in [1.82, 2.24) is 5.32 Å². The number of halogens is 3. The Morgan fingerprint density at radius 1 is 1.11 bits per heavy atom. The van der Waals surface area contributed by atoms with Gasteiger partial charge in [-0.3, -0.25) is 0 Å². The molecule has 0 saturated heterocycles. The van der Waals surface area contributed by atoms with E-state index in [1.807, 2.05) is 30.3 Å². The topological polar surface area (TPSA) is 12.0 Å². The van der Waals surface area contributed by atoms with Crippen molar-refractivity contribution in [3.63, 3.8) is 0 Å². The lowest BCUT2D eigenvalue weighted by Crippen LogP contribution is -2.57. The van der Waals surface area contributed by atoms with Gasteiger partial charge in [0.05, 0.1) is 0 Å². The van der Waals surface area contributed by atoms with Crippen LogP contribution >= 0.6 is 0 Å². The molecule has 1 aliphatic rings. The SMILES string of the molecule is CNC1(C(F)(F)F)CCC(c2ccccc2)CC1. The third-order valence-corrected chi connectivity index (χ3v) is 4.13. The molecule has 1 fully saturated rings. The van der Waals surface area contributed by atoms with Gasteiger partial charge in [0.2, 0.25) is 0 Å². The zero-order valence-electron chi connectivity index (χ0n) is 10.4. The van der Waals surface area contributed by atoms with Gasteiger partial charge < -0.3 is 5.32 Å². The van der Waals surface area contributed by atoms with Crippen LogP contribution in [-0.4, -0.2) is 18.8 Å². The van der Waals surface area contributed by atoms with E-state index in [1.165, 1.54) is 7.05 Å². The third kappa shape index (κ3) is 2.39. The van der Waals surface area contributed by atoms with Crippen LogP contribution in [0.5, 0.6) is 0 Å². The maximum absolute atomic E-state index is 13.1. The van der Waals surface area contributed by atoms with Gasteiger partial charge in [-0.15, -0.1) is 0 Å². The molecule has 0 bridgehead atoms. The van der Waals surface area contributed by atoms with Gasteiger partial charge in [0.25, 0.3) is 0 Å². The van der Waals surface area contributed by atoms with E-state index in [4.69, 9.17) is 0 Å². The lowest BCUT2D eigenvalue weighted by atomic mass is 9.74. The maximum atomic E-state index is 13.1. The fraction of sp³-hybridized carbons (Fsp3) is 0.571. The Bertz CT molecular complexity index is 378. The molecule has 1 nitrogen and oxygen atoms in total. The van der Waals surface area contributed by atoms with Crippen molar-refractivity contribution < 1.29 is 13.2 Å². The smallest absolute Gasteiger partial charge is 0.307 e. The van der Waals surface area contributed by atoms with Crippen LogP contribution in [0, 0.1) is 0 Å². The predicted molar refractivity (Wildman–Crippen MR) is 65.5 cm³/mol. The van der Waals surface area contributed by atoms with E-state index < -0.39 is 11.7 Å². The van der Waals surface area contributed by atoms with Crippen LogP contribution in [0.4, 0.5) is 13.2 Å². The van der Waals surface area contributed by atoms with Gasteiger partial charge in [-0.25, -0.2) is 0 Å². The molecule has 1 saturated carbocycles. The lowest BCUT2D eigenvalue weighted by molar-refractivity contribution is -0.204. The van der Waals surface area contributed by atoms with E-state index in [9.17, 15) is 13.2 Å². The van der Waals surface area contributed by atoms with Gasteiger partial charge >= 0.3 is 6.18 Å². The largest absolute Gasteiger partial charge is 0.406 e. The van der Waals surface area contributed by atoms with E-state index in [-0.39, 0.29) is 18.8 Å². The Morgan fingerprint density at radius 2 is 1.67 bits per heavy atom. The van der Waals surface area contributed by atoms with Crippen LogP contribution in [0.1, 0.15) is 37.2 Å². The molecule has 2 rings (SSSR count). The minimum Gasteiger partial charge on any atom is -0.307 e. The Hall–Kier alpha value is -1.03. The Balaban J connectivity index is 2.08. The highest BCUT2D eigenvalue weighted by molar-refractivity contribution is 5.21. The highest BCUT2D eigenvalue weighted by Gasteiger charge is 2.54. The van der Waals surface area contributed by atoms with Crippen molar-refractivity contribution >= 4 is 0 Å². The third-order valence-electron chi connectivity index (χ3n) is 4.13. The van der Waals surface area contributed by atoms with Gasteiger partial charge in [0.15, 0.2) is 0 Å². The predicted octanol–water partition coefficient (Wildman–Crippen LogP) is 3.86. The molecule has 100 valence electrons. The average Bonchev–Trinajstić information content (AvgIpc) is 2.38. The highest BCUT2D eigenvalue weighted by Crippen LogP contribution is 2.45. The minimum atomic E-state index is -4.16. The summed E-state index contributed by atoms with van der Waals surface area (Å²) in [6.07, 6.45) is -2.67. The summed E-state index contributed by atoms with van der Waals surface area (Å²) in [4.78, 5) is 0. The van der Waals surface area contributed by atoms with Crippen LogP contribution < -0.4 is 5.32 Å². The standard InChI is InChI=1S/C14H18F3N/c1-18-13(14(15,16)17)9-7-12(8-10-13)11-5-3-2-4-6-11/h2-6,12,18H,7-10H2,1H3. The van der Waals surface area contributed by atoms with Crippen LogP contribution in [0.2, 0.25) is 0 Å². The molecule has 0 unspecified atom stereocenters. The molecule has 0 atom stereocenters. The molecule has 1 N–H and O–H groups in total. The van der Waals surface area contributed by atoms with E-state index in [0.29, 0.717) is 12.8 Å². The first-order valence-corrected chi connectivity index (χ1v) is 6.29.